The molecule has 3 heterocycles. The van der Waals surface area contributed by atoms with E-state index in [9.17, 15) is 4.79 Å². The molecule has 0 atom stereocenters. The Morgan fingerprint density at radius 2 is 2.09 bits per heavy atom. The predicted octanol–water partition coefficient (Wildman–Crippen LogP) is 1.64. The second kappa shape index (κ2) is 5.40. The van der Waals surface area contributed by atoms with Crippen molar-refractivity contribution in [1.82, 2.24) is 24.7 Å². The molecule has 3 N–H and O–H groups in total. The topological polar surface area (TPSA) is 112 Å². The number of pyridine rings is 1. The van der Waals surface area contributed by atoms with Crippen molar-refractivity contribution in [2.45, 2.75) is 19.9 Å². The van der Waals surface area contributed by atoms with Crippen LogP contribution in [-0.4, -0.2) is 30.6 Å². The Labute approximate surface area is 126 Å². The fraction of sp³-hybridized carbons (Fsp3) is 0.214. The van der Waals surface area contributed by atoms with E-state index < -0.39 is 0 Å². The number of nitrogens with one attached hydrogen (secondary N) is 1. The molecule has 1 amide bonds. The molecule has 0 unspecified atom stereocenters. The van der Waals surface area contributed by atoms with Gasteiger partial charge in [-0.25, -0.2) is 14.6 Å². The average Bonchev–Trinajstić information content (AvgIpc) is 2.88. The lowest BCUT2D eigenvalue weighted by Gasteiger charge is -2.05. The molecule has 8 heteroatoms. The first-order valence-electron chi connectivity index (χ1n) is 6.79. The summed E-state index contributed by atoms with van der Waals surface area (Å²) < 4.78 is 1.70. The normalized spacial score (nSPS) is 11.0. The van der Waals surface area contributed by atoms with E-state index in [0.717, 1.165) is 0 Å². The van der Waals surface area contributed by atoms with Gasteiger partial charge in [0.05, 0.1) is 0 Å². The molecule has 0 aliphatic carbocycles. The fourth-order valence-corrected chi connectivity index (χ4v) is 2.11. The Morgan fingerprint density at radius 3 is 2.77 bits per heavy atom. The molecule has 0 aromatic carbocycles. The molecule has 3 aromatic rings. The van der Waals surface area contributed by atoms with Gasteiger partial charge in [0.2, 0.25) is 0 Å². The maximum atomic E-state index is 12.2. The number of rotatable bonds is 3. The highest BCUT2D eigenvalue weighted by Crippen LogP contribution is 2.27. The third-order valence-electron chi connectivity index (χ3n) is 3.14. The second-order valence-corrected chi connectivity index (χ2v) is 5.01. The molecule has 0 aliphatic heterocycles. The van der Waals surface area contributed by atoms with Crippen LogP contribution in [0, 0.1) is 0 Å². The van der Waals surface area contributed by atoms with E-state index in [4.69, 9.17) is 5.73 Å². The molecule has 0 saturated carbocycles. The van der Waals surface area contributed by atoms with E-state index >= 15 is 0 Å². The first-order valence-corrected chi connectivity index (χ1v) is 6.79. The summed E-state index contributed by atoms with van der Waals surface area (Å²) in [6.45, 7) is 3.93. The molecular formula is C14H15N7O. The fourth-order valence-electron chi connectivity index (χ4n) is 2.11. The van der Waals surface area contributed by atoms with Crippen molar-refractivity contribution in [1.29, 1.82) is 0 Å². The van der Waals surface area contributed by atoms with Crippen LogP contribution in [0.3, 0.4) is 0 Å². The molecule has 0 radical (unpaired) electrons. The van der Waals surface area contributed by atoms with Crippen LogP contribution in [-0.2, 0) is 0 Å². The quantitative estimate of drug-likeness (QED) is 0.760. The molecule has 0 bridgehead atoms. The van der Waals surface area contributed by atoms with Crippen molar-refractivity contribution in [3.63, 3.8) is 0 Å². The highest BCUT2D eigenvalue weighted by molar-refractivity contribution is 6.08. The van der Waals surface area contributed by atoms with Crippen LogP contribution in [0.5, 0.6) is 0 Å². The van der Waals surface area contributed by atoms with Crippen LogP contribution < -0.4 is 11.1 Å². The van der Waals surface area contributed by atoms with Crippen LogP contribution in [0.2, 0.25) is 0 Å². The van der Waals surface area contributed by atoms with Crippen molar-refractivity contribution in [3.05, 3.63) is 36.4 Å². The zero-order valence-corrected chi connectivity index (χ0v) is 12.2. The summed E-state index contributed by atoms with van der Waals surface area (Å²) in [5.41, 5.74) is 6.79. The molecule has 0 aliphatic rings. The van der Waals surface area contributed by atoms with Gasteiger partial charge in [-0.2, -0.15) is 5.10 Å². The smallest absolute Gasteiger partial charge is 0.275 e. The molecule has 3 aromatic heterocycles. The van der Waals surface area contributed by atoms with Crippen molar-refractivity contribution in [2.75, 3.05) is 11.1 Å². The maximum absolute atomic E-state index is 12.2. The summed E-state index contributed by atoms with van der Waals surface area (Å²) in [5.74, 6) is 0.241. The van der Waals surface area contributed by atoms with Crippen molar-refractivity contribution >= 4 is 28.6 Å². The minimum absolute atomic E-state index is 0.0669. The van der Waals surface area contributed by atoms with Crippen molar-refractivity contribution in [3.8, 4) is 0 Å². The van der Waals surface area contributed by atoms with E-state index in [-0.39, 0.29) is 17.8 Å². The number of carbonyl (C=O) groups is 1. The van der Waals surface area contributed by atoms with Gasteiger partial charge >= 0.3 is 0 Å². The standard InChI is InChI=1S/C14H15N7O/c1-8(2)21-13-10(11(15)17-7-18-13)12(20-21)19-14(22)9-5-3-4-6-16-9/h3-8H,1-2H3,(H2,15,17,18)(H,19,20,22). The maximum Gasteiger partial charge on any atom is 0.275 e. The third kappa shape index (κ3) is 2.34. The molecule has 0 spiro atoms. The summed E-state index contributed by atoms with van der Waals surface area (Å²) in [7, 11) is 0. The Hall–Kier alpha value is -3.03. The van der Waals surface area contributed by atoms with Crippen LogP contribution in [0.25, 0.3) is 11.0 Å². The SMILES string of the molecule is CC(C)n1nc(NC(=O)c2ccccn2)c2c(N)ncnc21. The van der Waals surface area contributed by atoms with Crippen molar-refractivity contribution in [2.24, 2.45) is 0 Å². The lowest BCUT2D eigenvalue weighted by atomic mass is 10.3. The number of amides is 1. The number of fused-ring (bicyclic) bond motifs is 1. The van der Waals surface area contributed by atoms with E-state index in [1.807, 2.05) is 13.8 Å². The minimum atomic E-state index is -0.362. The minimum Gasteiger partial charge on any atom is -0.383 e. The highest BCUT2D eigenvalue weighted by atomic mass is 16.2. The summed E-state index contributed by atoms with van der Waals surface area (Å²) in [5, 5.41) is 7.64. The van der Waals surface area contributed by atoms with Gasteiger partial charge in [0.25, 0.3) is 5.91 Å². The number of anilines is 2. The largest absolute Gasteiger partial charge is 0.383 e. The Morgan fingerprint density at radius 1 is 1.27 bits per heavy atom. The Balaban J connectivity index is 2.06. The zero-order chi connectivity index (χ0) is 15.7. The molecule has 8 nitrogen and oxygen atoms in total. The van der Waals surface area contributed by atoms with Crippen LogP contribution in [0.4, 0.5) is 11.6 Å². The summed E-state index contributed by atoms with van der Waals surface area (Å²) >= 11 is 0. The summed E-state index contributed by atoms with van der Waals surface area (Å²) in [6.07, 6.45) is 2.93. The third-order valence-corrected chi connectivity index (χ3v) is 3.14. The van der Waals surface area contributed by atoms with Crippen LogP contribution >= 0.6 is 0 Å². The summed E-state index contributed by atoms with van der Waals surface area (Å²) in [6, 6.07) is 5.17. The van der Waals surface area contributed by atoms with Gasteiger partial charge in [-0.1, -0.05) is 6.07 Å². The number of nitrogen functional groups attached to an aromatic ring is 1. The molecule has 112 valence electrons. The van der Waals surface area contributed by atoms with E-state index in [1.165, 1.54) is 6.33 Å². The monoisotopic (exact) mass is 297 g/mol. The number of nitrogens with two attached hydrogens (primary N) is 1. The number of nitrogens with zero attached hydrogens (tertiary/aromatic N) is 5. The Bertz CT molecular complexity index is 826. The number of aromatic nitrogens is 5. The average molecular weight is 297 g/mol. The van der Waals surface area contributed by atoms with Crippen molar-refractivity contribution < 1.29 is 4.79 Å². The predicted molar refractivity (Wildman–Crippen MR) is 82.3 cm³/mol. The van der Waals surface area contributed by atoms with Gasteiger partial charge in [0.1, 0.15) is 23.2 Å². The zero-order valence-electron chi connectivity index (χ0n) is 12.2. The van der Waals surface area contributed by atoms with Crippen LogP contribution in [0.15, 0.2) is 30.7 Å². The first kappa shape index (κ1) is 13.9. The lowest BCUT2D eigenvalue weighted by Crippen LogP contribution is -2.14. The highest BCUT2D eigenvalue weighted by Gasteiger charge is 2.19. The van der Waals surface area contributed by atoms with E-state index in [0.29, 0.717) is 22.5 Å². The Kier molecular flexibility index (Phi) is 3.42. The van der Waals surface area contributed by atoms with Gasteiger partial charge in [-0.15, -0.1) is 0 Å². The van der Waals surface area contributed by atoms with Gasteiger partial charge in [0, 0.05) is 12.2 Å². The number of hydrogen-bond acceptors (Lipinski definition) is 6. The van der Waals surface area contributed by atoms with Gasteiger partial charge in [0.15, 0.2) is 11.5 Å². The van der Waals surface area contributed by atoms with Gasteiger partial charge < -0.3 is 11.1 Å². The first-order chi connectivity index (χ1) is 10.6. The summed E-state index contributed by atoms with van der Waals surface area (Å²) in [4.78, 5) is 24.4. The molecule has 0 fully saturated rings. The molecular weight excluding hydrogens is 282 g/mol. The van der Waals surface area contributed by atoms with E-state index in [1.54, 1.807) is 29.1 Å². The molecule has 3 rings (SSSR count). The molecule has 22 heavy (non-hydrogen) atoms. The molecule has 0 saturated heterocycles. The lowest BCUT2D eigenvalue weighted by molar-refractivity contribution is 0.102. The van der Waals surface area contributed by atoms with E-state index in [2.05, 4.69) is 25.4 Å². The van der Waals surface area contributed by atoms with Gasteiger partial charge in [-0.05, 0) is 26.0 Å². The second-order valence-electron chi connectivity index (χ2n) is 5.01. The van der Waals surface area contributed by atoms with Gasteiger partial charge in [-0.3, -0.25) is 9.78 Å². The number of hydrogen-bond donors (Lipinski definition) is 2. The number of carbonyl (C=O) groups excluding carboxylic acids is 1. The van der Waals surface area contributed by atoms with Crippen LogP contribution in [0.1, 0.15) is 30.4 Å².